The molecule has 48 heavy (non-hydrogen) atoms. The van der Waals surface area contributed by atoms with Gasteiger partial charge in [0, 0.05) is 60.9 Å². The Morgan fingerprint density at radius 1 is 1.06 bits per heavy atom. The fourth-order valence-electron chi connectivity index (χ4n) is 7.19. The number of benzene rings is 2. The van der Waals surface area contributed by atoms with Crippen LogP contribution in [0.15, 0.2) is 47.4 Å². The fraction of sp³-hybridized carbons (Fsp3) is 0.500. The molecule has 1 spiro atoms. The third-order valence-corrected chi connectivity index (χ3v) is 10.6. The van der Waals surface area contributed by atoms with Crippen molar-refractivity contribution in [1.82, 2.24) is 9.47 Å². The van der Waals surface area contributed by atoms with Crippen LogP contribution in [0.3, 0.4) is 0 Å². The average molecular weight is 685 g/mol. The number of alkyl halides is 3. The SMILES string of the molecule is N#CCOc1cc(S(N)(=O)=O)ccc1NCC#Cc1cc2c(N[C@H]3CC[C@H](N4CC5(CCOCC5)C4)CC3)cccc2n1CC(F)(F)F. The van der Waals surface area contributed by atoms with E-state index in [1.807, 2.05) is 12.1 Å². The van der Waals surface area contributed by atoms with E-state index in [2.05, 4.69) is 27.4 Å². The van der Waals surface area contributed by atoms with Gasteiger partial charge in [0.2, 0.25) is 10.0 Å². The van der Waals surface area contributed by atoms with E-state index in [-0.39, 0.29) is 35.5 Å². The molecule has 3 aromatic rings. The van der Waals surface area contributed by atoms with Crippen LogP contribution in [-0.4, -0.2) is 75.6 Å². The first-order valence-electron chi connectivity index (χ1n) is 16.1. The van der Waals surface area contributed by atoms with Gasteiger partial charge in [0.15, 0.2) is 6.61 Å². The number of rotatable bonds is 9. The Balaban J connectivity index is 1.15. The van der Waals surface area contributed by atoms with Crippen LogP contribution in [0.25, 0.3) is 10.9 Å². The normalized spacial score (nSPS) is 21.1. The predicted molar refractivity (Wildman–Crippen MR) is 176 cm³/mol. The van der Waals surface area contributed by atoms with Crippen LogP contribution in [0.1, 0.15) is 44.2 Å². The zero-order valence-corrected chi connectivity index (χ0v) is 27.3. The van der Waals surface area contributed by atoms with E-state index in [0.717, 1.165) is 70.5 Å². The largest absolute Gasteiger partial charge is 0.477 e. The van der Waals surface area contributed by atoms with Crippen LogP contribution in [-0.2, 0) is 21.3 Å². The first-order valence-corrected chi connectivity index (χ1v) is 17.6. The highest BCUT2D eigenvalue weighted by molar-refractivity contribution is 7.89. The molecule has 6 rings (SSSR count). The molecule has 10 nitrogen and oxygen atoms in total. The number of anilines is 2. The van der Waals surface area contributed by atoms with E-state index in [1.165, 1.54) is 22.8 Å². The van der Waals surface area contributed by atoms with Gasteiger partial charge in [-0.3, -0.25) is 4.90 Å². The zero-order chi connectivity index (χ0) is 33.9. The number of sulfonamides is 1. The molecule has 0 radical (unpaired) electrons. The molecule has 0 atom stereocenters. The highest BCUT2D eigenvalue weighted by Crippen LogP contribution is 2.43. The number of nitrogens with one attached hydrogen (secondary N) is 2. The van der Waals surface area contributed by atoms with Crippen molar-refractivity contribution in [1.29, 1.82) is 5.26 Å². The number of likely N-dealkylation sites (tertiary alicyclic amines) is 1. The number of nitrogens with two attached hydrogens (primary N) is 1. The zero-order valence-electron chi connectivity index (χ0n) is 26.5. The number of nitrogens with zero attached hydrogens (tertiary/aromatic N) is 3. The third-order valence-electron chi connectivity index (χ3n) is 9.64. The lowest BCUT2D eigenvalue weighted by Gasteiger charge is -2.56. The molecule has 0 unspecified atom stereocenters. The second-order valence-corrected chi connectivity index (χ2v) is 14.5. The second-order valence-electron chi connectivity index (χ2n) is 12.9. The van der Waals surface area contributed by atoms with Gasteiger partial charge in [-0.25, -0.2) is 13.6 Å². The molecule has 0 amide bonds. The summed E-state index contributed by atoms with van der Waals surface area (Å²) in [5.41, 5.74) is 2.24. The van der Waals surface area contributed by atoms with E-state index in [4.69, 9.17) is 19.9 Å². The highest BCUT2D eigenvalue weighted by Gasteiger charge is 2.46. The summed E-state index contributed by atoms with van der Waals surface area (Å²) in [6.45, 7) is 2.53. The van der Waals surface area contributed by atoms with Crippen molar-refractivity contribution in [3.63, 3.8) is 0 Å². The molecule has 1 aliphatic carbocycles. The van der Waals surface area contributed by atoms with E-state index in [1.54, 1.807) is 18.2 Å². The molecule has 3 aliphatic rings. The van der Waals surface area contributed by atoms with Gasteiger partial charge in [-0.2, -0.15) is 18.4 Å². The lowest BCUT2D eigenvalue weighted by atomic mass is 9.71. The molecular formula is C34H39F3N6O4S. The number of hydrogen-bond donors (Lipinski definition) is 3. The Morgan fingerprint density at radius 2 is 1.81 bits per heavy atom. The van der Waals surface area contributed by atoms with E-state index >= 15 is 0 Å². The van der Waals surface area contributed by atoms with Crippen molar-refractivity contribution in [3.8, 4) is 23.7 Å². The summed E-state index contributed by atoms with van der Waals surface area (Å²) in [5, 5.41) is 21.4. The number of aromatic nitrogens is 1. The summed E-state index contributed by atoms with van der Waals surface area (Å²) < 4.78 is 76.8. The third kappa shape index (κ3) is 7.84. The molecule has 2 aromatic carbocycles. The van der Waals surface area contributed by atoms with Crippen molar-refractivity contribution in [3.05, 3.63) is 48.2 Å². The van der Waals surface area contributed by atoms with Gasteiger partial charge in [-0.1, -0.05) is 12.0 Å². The van der Waals surface area contributed by atoms with Gasteiger partial charge in [0.25, 0.3) is 0 Å². The van der Waals surface area contributed by atoms with Crippen LogP contribution in [0, 0.1) is 28.6 Å². The van der Waals surface area contributed by atoms with Crippen molar-refractivity contribution in [2.45, 2.75) is 68.2 Å². The summed E-state index contributed by atoms with van der Waals surface area (Å²) in [6.07, 6.45) is 2.01. The standard InChI is InChI=1S/C34H39F3N6O4S/c35-34(36,37)23-43-26(3-2-15-40-30-11-10-27(48(39,44)45)20-32(30)47-18-14-38)19-28-29(4-1-5-31(28)43)41-24-6-8-25(9-7-24)42-21-33(22-42)12-16-46-17-13-33/h1,4-5,10-11,19-20,24-25,40-41H,6-9,12-13,15-18,21-23H2,(H2,39,44,45)/t24-,25-. The van der Waals surface area contributed by atoms with Crippen molar-refractivity contribution < 1.29 is 31.1 Å². The van der Waals surface area contributed by atoms with Crippen LogP contribution in [0.4, 0.5) is 24.5 Å². The summed E-state index contributed by atoms with van der Waals surface area (Å²) in [7, 11) is -4.01. The average Bonchev–Trinajstić information content (AvgIpc) is 3.38. The summed E-state index contributed by atoms with van der Waals surface area (Å²) in [4.78, 5) is 2.43. The van der Waals surface area contributed by atoms with Gasteiger partial charge >= 0.3 is 6.18 Å². The quantitative estimate of drug-likeness (QED) is 0.267. The van der Waals surface area contributed by atoms with Crippen LogP contribution < -0.4 is 20.5 Å². The molecular weight excluding hydrogens is 645 g/mol. The molecule has 1 aromatic heterocycles. The Labute approximate surface area is 278 Å². The van der Waals surface area contributed by atoms with Gasteiger partial charge in [-0.15, -0.1) is 0 Å². The molecule has 2 aliphatic heterocycles. The predicted octanol–water partition coefficient (Wildman–Crippen LogP) is 5.05. The summed E-state index contributed by atoms with van der Waals surface area (Å²) in [5.74, 6) is 5.83. The van der Waals surface area contributed by atoms with Crippen LogP contribution in [0.5, 0.6) is 5.75 Å². The molecule has 2 saturated heterocycles. The minimum absolute atomic E-state index is 0.00540. The van der Waals surface area contributed by atoms with Crippen molar-refractivity contribution in [2.75, 3.05) is 50.1 Å². The minimum atomic E-state index is -4.46. The molecule has 0 bridgehead atoms. The lowest BCUT2D eigenvalue weighted by molar-refractivity contribution is -0.140. The molecule has 256 valence electrons. The molecule has 3 heterocycles. The Bertz CT molecular complexity index is 1840. The molecule has 1 saturated carbocycles. The Hall–Kier alpha value is -3.95. The molecule has 3 fully saturated rings. The number of fused-ring (bicyclic) bond motifs is 1. The highest BCUT2D eigenvalue weighted by atomic mass is 32.2. The first kappa shape index (κ1) is 33.9. The number of hydrogen-bond acceptors (Lipinski definition) is 8. The van der Waals surface area contributed by atoms with Crippen molar-refractivity contribution in [2.24, 2.45) is 10.6 Å². The van der Waals surface area contributed by atoms with E-state index in [0.29, 0.717) is 28.0 Å². The summed E-state index contributed by atoms with van der Waals surface area (Å²) >= 11 is 0. The number of ether oxygens (including phenoxy) is 2. The van der Waals surface area contributed by atoms with Gasteiger partial charge in [0.1, 0.15) is 18.4 Å². The maximum Gasteiger partial charge on any atom is 0.406 e. The Morgan fingerprint density at radius 3 is 2.50 bits per heavy atom. The number of primary sulfonamides is 1. The lowest BCUT2D eigenvalue weighted by Crippen LogP contribution is -2.62. The molecule has 4 N–H and O–H groups in total. The van der Waals surface area contributed by atoms with Crippen LogP contribution >= 0.6 is 0 Å². The Kier molecular flexibility index (Phi) is 9.81. The topological polar surface area (TPSA) is 135 Å². The van der Waals surface area contributed by atoms with E-state index in [9.17, 15) is 21.6 Å². The number of nitriles is 1. The van der Waals surface area contributed by atoms with E-state index < -0.39 is 22.7 Å². The number of halogens is 3. The van der Waals surface area contributed by atoms with Gasteiger partial charge in [-0.05, 0) is 74.8 Å². The summed E-state index contributed by atoms with van der Waals surface area (Å²) in [6, 6.07) is 13.6. The fourth-order valence-corrected chi connectivity index (χ4v) is 7.72. The minimum Gasteiger partial charge on any atom is -0.477 e. The smallest absolute Gasteiger partial charge is 0.406 e. The van der Waals surface area contributed by atoms with Gasteiger partial charge in [0.05, 0.1) is 28.3 Å². The first-order chi connectivity index (χ1) is 22.9. The van der Waals surface area contributed by atoms with Gasteiger partial charge < -0.3 is 24.7 Å². The molecule has 14 heteroatoms. The maximum absolute atomic E-state index is 13.7. The van der Waals surface area contributed by atoms with Crippen LogP contribution in [0.2, 0.25) is 0 Å². The van der Waals surface area contributed by atoms with Crippen molar-refractivity contribution >= 4 is 32.3 Å². The maximum atomic E-state index is 13.7. The monoisotopic (exact) mass is 684 g/mol. The second kappa shape index (κ2) is 13.9.